The van der Waals surface area contributed by atoms with Gasteiger partial charge in [0.1, 0.15) is 5.02 Å². The van der Waals surface area contributed by atoms with Gasteiger partial charge >= 0.3 is 0 Å². The van der Waals surface area contributed by atoms with Gasteiger partial charge in [-0.3, -0.25) is 9.78 Å². The molecule has 0 amide bonds. The van der Waals surface area contributed by atoms with Gasteiger partial charge in [0.05, 0.1) is 11.9 Å². The largest absolute Gasteiger partial charge is 0.277 e. The molecule has 0 unspecified atom stereocenters. The van der Waals surface area contributed by atoms with E-state index in [9.17, 15) is 4.79 Å². The molecule has 128 valence electrons. The van der Waals surface area contributed by atoms with Crippen LogP contribution in [0.5, 0.6) is 0 Å². The van der Waals surface area contributed by atoms with Gasteiger partial charge in [-0.05, 0) is 35.4 Å². The van der Waals surface area contributed by atoms with Crippen LogP contribution in [0.25, 0.3) is 16.6 Å². The molecule has 0 bridgehead atoms. The molecule has 0 aliphatic carbocycles. The second-order valence-corrected chi connectivity index (χ2v) is 7.18. The molecule has 7 heteroatoms. The molecule has 4 aromatic rings. The van der Waals surface area contributed by atoms with Gasteiger partial charge in [-0.25, -0.2) is 9.38 Å². The first-order valence-corrected chi connectivity index (χ1v) is 9.30. The number of aromatic nitrogens is 3. The van der Waals surface area contributed by atoms with Crippen molar-refractivity contribution < 1.29 is 0 Å². The van der Waals surface area contributed by atoms with Gasteiger partial charge in [0.2, 0.25) is 0 Å². The summed E-state index contributed by atoms with van der Waals surface area (Å²) in [5.41, 5.74) is 3.12. The highest BCUT2D eigenvalue weighted by Gasteiger charge is 2.15. The maximum absolute atomic E-state index is 12.6. The highest BCUT2D eigenvalue weighted by atomic mass is 35.5. The maximum atomic E-state index is 12.6. The molecule has 0 aliphatic heterocycles. The lowest BCUT2D eigenvalue weighted by Gasteiger charge is -2.09. The summed E-state index contributed by atoms with van der Waals surface area (Å²) in [6.07, 6.45) is 6.84. The van der Waals surface area contributed by atoms with Crippen LogP contribution in [0.3, 0.4) is 0 Å². The number of benzene rings is 1. The predicted octanol–water partition coefficient (Wildman–Crippen LogP) is 5.05. The molecule has 0 radical (unpaired) electrons. The molecular formula is C19H11Cl2N3OS. The van der Waals surface area contributed by atoms with Crippen molar-refractivity contribution >= 4 is 51.1 Å². The van der Waals surface area contributed by atoms with Crippen molar-refractivity contribution in [2.24, 2.45) is 0 Å². The standard InChI is InChI=1S/C19H11Cl2N3OS/c20-14-5-3-13(4-6-14)15(8-12-2-1-7-22-9-12)17-11-26-19-23-10-16(21)18(25)24(17)19/h1-11H/b15-8-. The van der Waals surface area contributed by atoms with Crippen LogP contribution in [0, 0.1) is 0 Å². The molecule has 26 heavy (non-hydrogen) atoms. The second-order valence-electron chi connectivity index (χ2n) is 5.50. The molecular weight excluding hydrogens is 389 g/mol. The van der Waals surface area contributed by atoms with Crippen LogP contribution in [0.15, 0.2) is 65.2 Å². The smallest absolute Gasteiger partial charge is 0.267 e. The van der Waals surface area contributed by atoms with Crippen molar-refractivity contribution in [3.8, 4) is 0 Å². The molecule has 3 aromatic heterocycles. The molecule has 0 fully saturated rings. The van der Waals surface area contributed by atoms with Crippen LogP contribution < -0.4 is 5.56 Å². The van der Waals surface area contributed by atoms with Gasteiger partial charge in [0.15, 0.2) is 4.96 Å². The van der Waals surface area contributed by atoms with E-state index >= 15 is 0 Å². The summed E-state index contributed by atoms with van der Waals surface area (Å²) in [7, 11) is 0. The van der Waals surface area contributed by atoms with E-state index in [1.165, 1.54) is 21.9 Å². The van der Waals surface area contributed by atoms with Crippen LogP contribution in [0.4, 0.5) is 0 Å². The summed E-state index contributed by atoms with van der Waals surface area (Å²) in [5.74, 6) is 0. The van der Waals surface area contributed by atoms with Gasteiger partial charge in [-0.15, -0.1) is 11.3 Å². The lowest BCUT2D eigenvalue weighted by atomic mass is 10.0. The SMILES string of the molecule is O=c1c(Cl)cnc2scc(/C(=C\c3cccnc3)c3ccc(Cl)cc3)n12. The zero-order chi connectivity index (χ0) is 18.1. The minimum Gasteiger partial charge on any atom is -0.267 e. The number of thiazole rings is 1. The molecule has 0 spiro atoms. The topological polar surface area (TPSA) is 47.3 Å². The fourth-order valence-corrected chi connectivity index (χ4v) is 3.73. The van der Waals surface area contributed by atoms with Crippen molar-refractivity contribution in [3.63, 3.8) is 0 Å². The number of nitrogens with zero attached hydrogens (tertiary/aromatic N) is 3. The first kappa shape index (κ1) is 17.0. The van der Waals surface area contributed by atoms with E-state index in [2.05, 4.69) is 9.97 Å². The van der Waals surface area contributed by atoms with E-state index in [1.807, 2.05) is 47.9 Å². The first-order valence-electron chi connectivity index (χ1n) is 7.66. The number of pyridine rings is 1. The lowest BCUT2D eigenvalue weighted by Crippen LogP contribution is -2.15. The van der Waals surface area contributed by atoms with Crippen molar-refractivity contribution in [3.05, 3.63) is 97.6 Å². The molecule has 0 saturated carbocycles. The third-order valence-corrected chi connectivity index (χ3v) is 5.18. The normalized spacial score (nSPS) is 11.8. The minimum absolute atomic E-state index is 0.0824. The summed E-state index contributed by atoms with van der Waals surface area (Å²) in [5, 5.41) is 2.63. The van der Waals surface area contributed by atoms with Crippen LogP contribution >= 0.6 is 34.5 Å². The van der Waals surface area contributed by atoms with E-state index in [4.69, 9.17) is 23.2 Å². The summed E-state index contributed by atoms with van der Waals surface area (Å²) in [6.45, 7) is 0. The summed E-state index contributed by atoms with van der Waals surface area (Å²) in [4.78, 5) is 21.6. The maximum Gasteiger partial charge on any atom is 0.277 e. The zero-order valence-corrected chi connectivity index (χ0v) is 15.6. The van der Waals surface area contributed by atoms with Gasteiger partial charge in [0, 0.05) is 28.4 Å². The predicted molar refractivity (Wildman–Crippen MR) is 107 cm³/mol. The van der Waals surface area contributed by atoms with Gasteiger partial charge in [-0.1, -0.05) is 41.4 Å². The van der Waals surface area contributed by atoms with Crippen LogP contribution in [-0.4, -0.2) is 14.4 Å². The quantitative estimate of drug-likeness (QED) is 0.484. The molecule has 0 atom stereocenters. The molecule has 0 N–H and O–H groups in total. The lowest BCUT2D eigenvalue weighted by molar-refractivity contribution is 1.06. The Morgan fingerprint density at radius 3 is 2.65 bits per heavy atom. The van der Waals surface area contributed by atoms with Crippen molar-refractivity contribution in [2.45, 2.75) is 0 Å². The Labute approximate surface area is 163 Å². The van der Waals surface area contributed by atoms with E-state index in [1.54, 1.807) is 12.4 Å². The number of fused-ring (bicyclic) bond motifs is 1. The fraction of sp³-hybridized carbons (Fsp3) is 0. The van der Waals surface area contributed by atoms with E-state index in [0.29, 0.717) is 9.98 Å². The number of rotatable bonds is 3. The van der Waals surface area contributed by atoms with Crippen LogP contribution in [0.1, 0.15) is 16.8 Å². The van der Waals surface area contributed by atoms with Crippen molar-refractivity contribution in [1.82, 2.24) is 14.4 Å². The highest BCUT2D eigenvalue weighted by Crippen LogP contribution is 2.29. The van der Waals surface area contributed by atoms with Gasteiger partial charge < -0.3 is 0 Å². The molecule has 0 saturated heterocycles. The average molecular weight is 400 g/mol. The number of hydrogen-bond donors (Lipinski definition) is 0. The molecule has 4 rings (SSSR count). The van der Waals surface area contributed by atoms with E-state index in [0.717, 1.165) is 22.4 Å². The molecule has 4 nitrogen and oxygen atoms in total. The monoisotopic (exact) mass is 399 g/mol. The Bertz CT molecular complexity index is 1170. The third kappa shape index (κ3) is 3.17. The summed E-state index contributed by atoms with van der Waals surface area (Å²) < 4.78 is 1.53. The van der Waals surface area contributed by atoms with E-state index in [-0.39, 0.29) is 10.6 Å². The third-order valence-electron chi connectivity index (χ3n) is 3.83. The zero-order valence-electron chi connectivity index (χ0n) is 13.3. The van der Waals surface area contributed by atoms with Crippen LogP contribution in [-0.2, 0) is 0 Å². The van der Waals surface area contributed by atoms with Crippen molar-refractivity contribution in [2.75, 3.05) is 0 Å². The summed E-state index contributed by atoms with van der Waals surface area (Å²) in [6, 6.07) is 11.3. The first-order chi connectivity index (χ1) is 12.6. The van der Waals surface area contributed by atoms with Gasteiger partial charge in [0.25, 0.3) is 5.56 Å². The Kier molecular flexibility index (Phi) is 4.59. The Balaban J connectivity index is 2.00. The number of halogens is 2. The fourth-order valence-electron chi connectivity index (χ4n) is 2.62. The summed E-state index contributed by atoms with van der Waals surface area (Å²) >= 11 is 13.4. The molecule has 3 heterocycles. The van der Waals surface area contributed by atoms with E-state index < -0.39 is 0 Å². The number of hydrogen-bond acceptors (Lipinski definition) is 4. The van der Waals surface area contributed by atoms with Gasteiger partial charge in [-0.2, -0.15) is 0 Å². The Morgan fingerprint density at radius 2 is 1.92 bits per heavy atom. The molecule has 1 aromatic carbocycles. The van der Waals surface area contributed by atoms with Crippen LogP contribution in [0.2, 0.25) is 10.0 Å². The minimum atomic E-state index is -0.293. The average Bonchev–Trinajstić information content (AvgIpc) is 3.09. The Morgan fingerprint density at radius 1 is 1.12 bits per heavy atom. The Hall–Kier alpha value is -2.47. The second kappa shape index (κ2) is 7.03. The highest BCUT2D eigenvalue weighted by molar-refractivity contribution is 7.15. The van der Waals surface area contributed by atoms with Crippen molar-refractivity contribution in [1.29, 1.82) is 0 Å². The molecule has 0 aliphatic rings.